The van der Waals surface area contributed by atoms with E-state index in [1.165, 1.54) is 0 Å². The molecule has 2 aromatic heterocycles. The van der Waals surface area contributed by atoms with Gasteiger partial charge in [0, 0.05) is 32.3 Å². The molecule has 0 saturated carbocycles. The summed E-state index contributed by atoms with van der Waals surface area (Å²) < 4.78 is 19.2. The van der Waals surface area contributed by atoms with Crippen LogP contribution in [0.2, 0.25) is 0 Å². The van der Waals surface area contributed by atoms with E-state index in [-0.39, 0.29) is 6.61 Å². The third kappa shape index (κ3) is 6.60. The van der Waals surface area contributed by atoms with Crippen LogP contribution in [0.15, 0.2) is 77.4 Å². The Morgan fingerprint density at radius 1 is 1.06 bits per heavy atom. The maximum atomic E-state index is 10.6. The molecule has 0 bridgehead atoms. The van der Waals surface area contributed by atoms with Crippen molar-refractivity contribution in [2.24, 2.45) is 7.05 Å². The van der Waals surface area contributed by atoms with E-state index in [9.17, 15) is 5.11 Å². The van der Waals surface area contributed by atoms with E-state index in [0.29, 0.717) is 32.1 Å². The summed E-state index contributed by atoms with van der Waals surface area (Å²) in [6, 6.07) is 21.9. The van der Waals surface area contributed by atoms with Crippen molar-refractivity contribution >= 4 is 0 Å². The predicted molar refractivity (Wildman–Crippen MR) is 135 cm³/mol. The zero-order chi connectivity index (χ0) is 24.6. The Morgan fingerprint density at radius 2 is 1.89 bits per heavy atom. The average molecular weight is 476 g/mol. The minimum atomic E-state index is -0.636. The number of nitrogens with zero attached hydrogens (tertiary/aromatic N) is 3. The zero-order valence-corrected chi connectivity index (χ0v) is 20.6. The lowest BCUT2D eigenvalue weighted by molar-refractivity contribution is 0.0167. The predicted octanol–water partition coefficient (Wildman–Crippen LogP) is 5.18. The lowest BCUT2D eigenvalue weighted by Gasteiger charge is -2.24. The first-order valence-corrected chi connectivity index (χ1v) is 11.9. The largest absolute Gasteiger partial charge is 0.468 e. The maximum absolute atomic E-state index is 10.6. The molecule has 0 unspecified atom stereocenters. The first kappa shape index (κ1) is 24.7. The van der Waals surface area contributed by atoms with Crippen molar-refractivity contribution in [1.82, 2.24) is 14.7 Å². The van der Waals surface area contributed by atoms with Crippen LogP contribution in [-0.4, -0.2) is 45.6 Å². The average Bonchev–Trinajstić information content (AvgIpc) is 3.47. The number of hydrogen-bond acceptors (Lipinski definition) is 6. The van der Waals surface area contributed by atoms with Crippen molar-refractivity contribution in [2.75, 3.05) is 19.8 Å². The van der Waals surface area contributed by atoms with Crippen molar-refractivity contribution in [3.8, 4) is 22.9 Å². The van der Waals surface area contributed by atoms with Gasteiger partial charge in [0.1, 0.15) is 17.2 Å². The molecule has 0 aliphatic rings. The van der Waals surface area contributed by atoms with Gasteiger partial charge in [-0.05, 0) is 43.7 Å². The third-order valence-corrected chi connectivity index (χ3v) is 5.66. The zero-order valence-electron chi connectivity index (χ0n) is 20.6. The van der Waals surface area contributed by atoms with Gasteiger partial charge < -0.3 is 19.0 Å². The number of aryl methyl sites for hydroxylation is 2. The van der Waals surface area contributed by atoms with Crippen molar-refractivity contribution in [2.45, 2.75) is 33.0 Å². The van der Waals surface area contributed by atoms with E-state index in [2.05, 4.69) is 4.90 Å². The van der Waals surface area contributed by atoms with Crippen LogP contribution >= 0.6 is 0 Å². The Labute approximate surface area is 206 Å². The van der Waals surface area contributed by atoms with Crippen molar-refractivity contribution < 1.29 is 19.0 Å². The molecule has 0 saturated heterocycles. The molecule has 184 valence electrons. The molecule has 4 aromatic rings. The molecule has 0 spiro atoms. The second kappa shape index (κ2) is 11.8. The molecule has 2 aromatic carbocycles. The monoisotopic (exact) mass is 475 g/mol. The van der Waals surface area contributed by atoms with Crippen LogP contribution < -0.4 is 4.74 Å². The first-order valence-electron chi connectivity index (χ1n) is 11.9. The van der Waals surface area contributed by atoms with Crippen LogP contribution in [-0.2, 0) is 24.9 Å². The summed E-state index contributed by atoms with van der Waals surface area (Å²) in [5, 5.41) is 15.5. The number of aliphatic hydroxyl groups is 1. The Morgan fingerprint density at radius 3 is 2.60 bits per heavy atom. The molecule has 0 radical (unpaired) electrons. The van der Waals surface area contributed by atoms with Gasteiger partial charge in [-0.15, -0.1) is 0 Å². The highest BCUT2D eigenvalue weighted by molar-refractivity contribution is 5.65. The van der Waals surface area contributed by atoms with Gasteiger partial charge in [0.2, 0.25) is 5.88 Å². The van der Waals surface area contributed by atoms with E-state index < -0.39 is 6.10 Å². The number of aromatic nitrogens is 2. The second-order valence-electron chi connectivity index (χ2n) is 8.60. The fourth-order valence-corrected chi connectivity index (χ4v) is 4.08. The number of furan rings is 1. The standard InChI is InChI=1S/C28H33N3O4/c1-4-33-20-23(32)17-31(18-25-14-9-15-34-25)19-26-27(22-11-6-5-7-12-22)29-30(3)28(26)35-24-13-8-10-21(2)16-24/h5-16,23,32H,4,17-20H2,1-3H3/t23-/m0/s1. The van der Waals surface area contributed by atoms with Gasteiger partial charge in [0.15, 0.2) is 0 Å². The summed E-state index contributed by atoms with van der Waals surface area (Å²) in [6.45, 7) is 6.24. The van der Waals surface area contributed by atoms with E-state index in [1.807, 2.05) is 87.6 Å². The van der Waals surface area contributed by atoms with Crippen molar-refractivity contribution in [3.05, 3.63) is 89.9 Å². The molecule has 0 amide bonds. The molecule has 2 heterocycles. The maximum Gasteiger partial charge on any atom is 0.222 e. The van der Waals surface area contributed by atoms with Gasteiger partial charge in [-0.3, -0.25) is 4.90 Å². The summed E-state index contributed by atoms with van der Waals surface area (Å²) in [5.41, 5.74) is 3.91. The van der Waals surface area contributed by atoms with Crippen LogP contribution in [0.25, 0.3) is 11.3 Å². The number of hydrogen-bond donors (Lipinski definition) is 1. The summed E-state index contributed by atoms with van der Waals surface area (Å²) in [7, 11) is 1.89. The Bertz CT molecular complexity index is 1190. The summed E-state index contributed by atoms with van der Waals surface area (Å²) >= 11 is 0. The number of benzene rings is 2. The van der Waals surface area contributed by atoms with Crippen LogP contribution in [0, 0.1) is 6.92 Å². The number of aliphatic hydroxyl groups excluding tert-OH is 1. The van der Waals surface area contributed by atoms with Gasteiger partial charge in [-0.2, -0.15) is 5.10 Å². The van der Waals surface area contributed by atoms with Crippen LogP contribution in [0.4, 0.5) is 0 Å². The lowest BCUT2D eigenvalue weighted by atomic mass is 10.1. The minimum absolute atomic E-state index is 0.274. The van der Waals surface area contributed by atoms with Crippen molar-refractivity contribution in [3.63, 3.8) is 0 Å². The van der Waals surface area contributed by atoms with Gasteiger partial charge in [-0.25, -0.2) is 4.68 Å². The van der Waals surface area contributed by atoms with Crippen molar-refractivity contribution in [1.29, 1.82) is 0 Å². The molecule has 1 atom stereocenters. The molecule has 35 heavy (non-hydrogen) atoms. The van der Waals surface area contributed by atoms with Crippen LogP contribution in [0.5, 0.6) is 11.6 Å². The number of ether oxygens (including phenoxy) is 2. The number of rotatable bonds is 12. The van der Waals surface area contributed by atoms with E-state index in [0.717, 1.165) is 33.9 Å². The van der Waals surface area contributed by atoms with Gasteiger partial charge in [-0.1, -0.05) is 42.5 Å². The smallest absolute Gasteiger partial charge is 0.222 e. The summed E-state index contributed by atoms with van der Waals surface area (Å²) in [4.78, 5) is 2.13. The minimum Gasteiger partial charge on any atom is -0.468 e. The van der Waals surface area contributed by atoms with Crippen LogP contribution in [0.3, 0.4) is 0 Å². The molecule has 0 aliphatic heterocycles. The molecular weight excluding hydrogens is 442 g/mol. The third-order valence-electron chi connectivity index (χ3n) is 5.66. The molecule has 0 fully saturated rings. The first-order chi connectivity index (χ1) is 17.0. The fraction of sp³-hybridized carbons (Fsp3) is 0.321. The Kier molecular flexibility index (Phi) is 8.36. The summed E-state index contributed by atoms with van der Waals surface area (Å²) in [5.74, 6) is 2.24. The molecule has 7 nitrogen and oxygen atoms in total. The topological polar surface area (TPSA) is 72.9 Å². The molecule has 1 N–H and O–H groups in total. The van der Waals surface area contributed by atoms with Gasteiger partial charge in [0.25, 0.3) is 0 Å². The highest BCUT2D eigenvalue weighted by atomic mass is 16.5. The summed E-state index contributed by atoms with van der Waals surface area (Å²) in [6.07, 6.45) is 1.03. The molecule has 4 rings (SSSR count). The molecule has 7 heteroatoms. The van der Waals surface area contributed by atoms with Gasteiger partial charge in [0.05, 0.1) is 31.1 Å². The van der Waals surface area contributed by atoms with Gasteiger partial charge >= 0.3 is 0 Å². The van der Waals surface area contributed by atoms with E-state index >= 15 is 0 Å². The lowest BCUT2D eigenvalue weighted by Crippen LogP contribution is -2.34. The molecular formula is C28H33N3O4. The SMILES string of the molecule is CCOC[C@@H](O)CN(Cc1ccco1)Cc1c(-c2ccccc2)nn(C)c1Oc1cccc(C)c1. The van der Waals surface area contributed by atoms with Crippen LogP contribution in [0.1, 0.15) is 23.8 Å². The molecule has 0 aliphatic carbocycles. The van der Waals surface area contributed by atoms with E-state index in [1.54, 1.807) is 10.9 Å². The Hall–Kier alpha value is -3.39. The Balaban J connectivity index is 1.70. The van der Waals surface area contributed by atoms with E-state index in [4.69, 9.17) is 19.0 Å². The normalized spacial score (nSPS) is 12.3. The highest BCUT2D eigenvalue weighted by Gasteiger charge is 2.24. The highest BCUT2D eigenvalue weighted by Crippen LogP contribution is 2.34. The second-order valence-corrected chi connectivity index (χ2v) is 8.60. The fourth-order valence-electron chi connectivity index (χ4n) is 4.08. The quantitative estimate of drug-likeness (QED) is 0.304.